The van der Waals surface area contributed by atoms with Crippen LogP contribution in [0.25, 0.3) is 0 Å². The molecule has 1 atom stereocenters. The molecule has 29 heavy (non-hydrogen) atoms. The molecule has 0 rings (SSSR count). The van der Waals surface area contributed by atoms with Crippen molar-refractivity contribution in [3.8, 4) is 0 Å². The van der Waals surface area contributed by atoms with Crippen LogP contribution in [0.5, 0.6) is 0 Å². The standard InChI is InChI=1S/C25H48O4/c1-20(2)18-28-24(26)17-15-13-11-9-7-8-10-12-14-16-23(22(5)6)25(27)29-19-21(3)4/h20-23H,7-19H2,1-6H3. The summed E-state index contributed by atoms with van der Waals surface area (Å²) in [6.07, 6.45) is 12.1. The van der Waals surface area contributed by atoms with Gasteiger partial charge in [-0.05, 0) is 30.6 Å². The van der Waals surface area contributed by atoms with Crippen molar-refractivity contribution in [3.05, 3.63) is 0 Å². The highest BCUT2D eigenvalue weighted by molar-refractivity contribution is 5.72. The molecule has 172 valence electrons. The molecule has 0 aliphatic heterocycles. The minimum Gasteiger partial charge on any atom is -0.465 e. The van der Waals surface area contributed by atoms with Gasteiger partial charge in [0.1, 0.15) is 0 Å². The van der Waals surface area contributed by atoms with Crippen LogP contribution in [-0.4, -0.2) is 25.2 Å². The molecule has 0 saturated carbocycles. The second-order valence-electron chi connectivity index (χ2n) is 9.67. The first-order valence-corrected chi connectivity index (χ1v) is 12.1. The summed E-state index contributed by atoms with van der Waals surface area (Å²) < 4.78 is 10.6. The van der Waals surface area contributed by atoms with Crippen molar-refractivity contribution in [1.82, 2.24) is 0 Å². The van der Waals surface area contributed by atoms with Crippen LogP contribution in [0, 0.1) is 23.7 Å². The first-order valence-electron chi connectivity index (χ1n) is 12.1. The van der Waals surface area contributed by atoms with Crippen molar-refractivity contribution in [2.45, 2.75) is 112 Å². The van der Waals surface area contributed by atoms with Gasteiger partial charge in [0.05, 0.1) is 19.1 Å². The fourth-order valence-electron chi connectivity index (χ4n) is 3.28. The zero-order valence-electron chi connectivity index (χ0n) is 20.1. The van der Waals surface area contributed by atoms with E-state index >= 15 is 0 Å². The minimum atomic E-state index is -0.0495. The third-order valence-electron chi connectivity index (χ3n) is 5.14. The van der Waals surface area contributed by atoms with Gasteiger partial charge in [0.2, 0.25) is 0 Å². The van der Waals surface area contributed by atoms with Gasteiger partial charge >= 0.3 is 11.9 Å². The number of hydrogen-bond acceptors (Lipinski definition) is 4. The predicted octanol–water partition coefficient (Wildman–Crippen LogP) is 6.95. The molecule has 0 saturated heterocycles. The number of carbonyl (C=O) groups is 2. The van der Waals surface area contributed by atoms with Crippen LogP contribution < -0.4 is 0 Å². The van der Waals surface area contributed by atoms with Crippen LogP contribution in [-0.2, 0) is 19.1 Å². The van der Waals surface area contributed by atoms with E-state index in [1.54, 1.807) is 0 Å². The van der Waals surface area contributed by atoms with Crippen molar-refractivity contribution in [2.24, 2.45) is 23.7 Å². The van der Waals surface area contributed by atoms with Crippen LogP contribution in [0.2, 0.25) is 0 Å². The first kappa shape index (κ1) is 27.9. The maximum absolute atomic E-state index is 12.2. The summed E-state index contributed by atoms with van der Waals surface area (Å²) in [6.45, 7) is 13.5. The highest BCUT2D eigenvalue weighted by Crippen LogP contribution is 2.21. The number of unbranched alkanes of at least 4 members (excludes halogenated alkanes) is 8. The van der Waals surface area contributed by atoms with Gasteiger partial charge in [-0.1, -0.05) is 92.9 Å². The molecule has 0 aliphatic rings. The average Bonchev–Trinajstić information content (AvgIpc) is 2.65. The van der Waals surface area contributed by atoms with Crippen molar-refractivity contribution in [1.29, 1.82) is 0 Å². The largest absolute Gasteiger partial charge is 0.465 e. The third kappa shape index (κ3) is 17.5. The summed E-state index contributed by atoms with van der Waals surface area (Å²) in [7, 11) is 0. The second-order valence-corrected chi connectivity index (χ2v) is 9.67. The van der Waals surface area contributed by atoms with Crippen LogP contribution >= 0.6 is 0 Å². The molecule has 0 heterocycles. The molecule has 0 bridgehead atoms. The Hall–Kier alpha value is -1.06. The Morgan fingerprint density at radius 2 is 1.07 bits per heavy atom. The first-order chi connectivity index (χ1) is 13.7. The van der Waals surface area contributed by atoms with Gasteiger partial charge in [-0.2, -0.15) is 0 Å². The van der Waals surface area contributed by atoms with Crippen LogP contribution in [0.4, 0.5) is 0 Å². The molecule has 0 spiro atoms. The van der Waals surface area contributed by atoms with E-state index in [1.807, 2.05) is 0 Å². The Morgan fingerprint density at radius 1 is 0.621 bits per heavy atom. The monoisotopic (exact) mass is 412 g/mol. The second kappa shape index (κ2) is 17.8. The van der Waals surface area contributed by atoms with E-state index in [2.05, 4.69) is 41.5 Å². The Bertz CT molecular complexity index is 415. The van der Waals surface area contributed by atoms with Gasteiger partial charge in [-0.25, -0.2) is 0 Å². The quantitative estimate of drug-likeness (QED) is 0.180. The summed E-state index contributed by atoms with van der Waals surface area (Å²) in [5, 5.41) is 0. The van der Waals surface area contributed by atoms with Gasteiger partial charge in [-0.15, -0.1) is 0 Å². The van der Waals surface area contributed by atoms with Crippen molar-refractivity contribution in [2.75, 3.05) is 13.2 Å². The van der Waals surface area contributed by atoms with Crippen molar-refractivity contribution >= 4 is 11.9 Å². The number of ether oxygens (including phenoxy) is 2. The maximum atomic E-state index is 12.2. The van der Waals surface area contributed by atoms with E-state index in [1.165, 1.54) is 38.5 Å². The average molecular weight is 413 g/mol. The van der Waals surface area contributed by atoms with Crippen LogP contribution in [0.15, 0.2) is 0 Å². The molecule has 0 amide bonds. The zero-order chi connectivity index (χ0) is 22.1. The highest BCUT2D eigenvalue weighted by atomic mass is 16.5. The summed E-state index contributed by atoms with van der Waals surface area (Å²) in [4.78, 5) is 23.8. The van der Waals surface area contributed by atoms with E-state index in [4.69, 9.17) is 9.47 Å². The molecular weight excluding hydrogens is 364 g/mol. The van der Waals surface area contributed by atoms with Crippen LogP contribution in [0.1, 0.15) is 112 Å². The van der Waals surface area contributed by atoms with Crippen molar-refractivity contribution < 1.29 is 19.1 Å². The molecule has 0 N–H and O–H groups in total. The fourth-order valence-corrected chi connectivity index (χ4v) is 3.28. The summed E-state index contributed by atoms with van der Waals surface area (Å²) in [5.41, 5.74) is 0. The van der Waals surface area contributed by atoms with Gasteiger partial charge in [-0.3, -0.25) is 9.59 Å². The maximum Gasteiger partial charge on any atom is 0.309 e. The van der Waals surface area contributed by atoms with E-state index in [-0.39, 0.29) is 17.9 Å². The normalized spacial score (nSPS) is 12.6. The molecule has 4 heteroatoms. The van der Waals surface area contributed by atoms with E-state index in [0.717, 1.165) is 25.7 Å². The van der Waals surface area contributed by atoms with E-state index < -0.39 is 0 Å². The third-order valence-corrected chi connectivity index (χ3v) is 5.14. The molecule has 0 aromatic carbocycles. The molecule has 4 nitrogen and oxygen atoms in total. The Kier molecular flexibility index (Phi) is 17.1. The minimum absolute atomic E-state index is 0.0122. The number of esters is 2. The van der Waals surface area contributed by atoms with Gasteiger partial charge < -0.3 is 9.47 Å². The number of hydrogen-bond donors (Lipinski definition) is 0. The van der Waals surface area contributed by atoms with Crippen molar-refractivity contribution in [3.63, 3.8) is 0 Å². The number of rotatable bonds is 18. The molecule has 0 fully saturated rings. The van der Waals surface area contributed by atoms with Gasteiger partial charge in [0, 0.05) is 6.42 Å². The van der Waals surface area contributed by atoms with E-state index in [0.29, 0.717) is 37.4 Å². The Morgan fingerprint density at radius 3 is 1.55 bits per heavy atom. The lowest BCUT2D eigenvalue weighted by Gasteiger charge is -2.20. The zero-order valence-corrected chi connectivity index (χ0v) is 20.1. The molecule has 1 unspecified atom stereocenters. The lowest BCUT2D eigenvalue weighted by Crippen LogP contribution is -2.24. The SMILES string of the molecule is CC(C)COC(=O)CCCCCCCCCCCC(C(=O)OCC(C)C)C(C)C. The smallest absolute Gasteiger partial charge is 0.309 e. The predicted molar refractivity (Wildman–Crippen MR) is 121 cm³/mol. The molecular formula is C25H48O4. The molecule has 0 aromatic heterocycles. The molecule has 0 radical (unpaired) electrons. The number of carbonyl (C=O) groups excluding carboxylic acids is 2. The summed E-state index contributed by atoms with van der Waals surface area (Å²) >= 11 is 0. The highest BCUT2D eigenvalue weighted by Gasteiger charge is 2.23. The van der Waals surface area contributed by atoms with E-state index in [9.17, 15) is 9.59 Å². The lowest BCUT2D eigenvalue weighted by atomic mass is 9.90. The molecule has 0 aromatic rings. The summed E-state index contributed by atoms with van der Waals surface area (Å²) in [6, 6.07) is 0. The lowest BCUT2D eigenvalue weighted by molar-refractivity contribution is -0.151. The fraction of sp³-hybridized carbons (Fsp3) is 0.920. The van der Waals surface area contributed by atoms with Crippen LogP contribution in [0.3, 0.4) is 0 Å². The van der Waals surface area contributed by atoms with Gasteiger partial charge in [0.25, 0.3) is 0 Å². The Labute approximate surface area is 180 Å². The Balaban J connectivity index is 3.59. The topological polar surface area (TPSA) is 52.6 Å². The summed E-state index contributed by atoms with van der Waals surface area (Å²) in [5.74, 6) is 1.13. The molecule has 0 aliphatic carbocycles. The van der Waals surface area contributed by atoms with Gasteiger partial charge in [0.15, 0.2) is 0 Å².